The molecule has 0 radical (unpaired) electrons. The second-order valence-electron chi connectivity index (χ2n) is 2.79. The summed E-state index contributed by atoms with van der Waals surface area (Å²) >= 11 is 5.84. The summed E-state index contributed by atoms with van der Waals surface area (Å²) in [6.07, 6.45) is 2.77. The van der Waals surface area contributed by atoms with E-state index < -0.39 is 5.97 Å². The van der Waals surface area contributed by atoms with Gasteiger partial charge in [0.25, 0.3) is 0 Å². The van der Waals surface area contributed by atoms with E-state index in [-0.39, 0.29) is 5.75 Å². The Morgan fingerprint density at radius 1 is 1.60 bits per heavy atom. The van der Waals surface area contributed by atoms with E-state index in [9.17, 15) is 9.90 Å². The van der Waals surface area contributed by atoms with E-state index in [1.165, 1.54) is 24.3 Å². The predicted octanol–water partition coefficient (Wildman–Crippen LogP) is 2.62. The van der Waals surface area contributed by atoms with Gasteiger partial charge in [0.1, 0.15) is 5.75 Å². The van der Waals surface area contributed by atoms with Crippen LogP contribution in [0.5, 0.6) is 5.75 Å². The third-order valence-electron chi connectivity index (χ3n) is 1.67. The molecule has 0 saturated carbocycles. The van der Waals surface area contributed by atoms with Crippen LogP contribution in [-0.4, -0.2) is 17.7 Å². The normalized spacial score (nSPS) is 10.5. The fourth-order valence-corrected chi connectivity index (χ4v) is 1.19. The third-order valence-corrected chi connectivity index (χ3v) is 2.01. The quantitative estimate of drug-likeness (QED) is 0.637. The van der Waals surface area contributed by atoms with E-state index in [4.69, 9.17) is 16.3 Å². The van der Waals surface area contributed by atoms with Crippen molar-refractivity contribution >= 4 is 23.6 Å². The van der Waals surface area contributed by atoms with E-state index in [0.717, 1.165) is 0 Å². The highest BCUT2D eigenvalue weighted by Crippen LogP contribution is 2.22. The fraction of sp³-hybridized carbons (Fsp3) is 0.182. The van der Waals surface area contributed by atoms with Crippen molar-refractivity contribution in [2.75, 3.05) is 6.61 Å². The average Bonchev–Trinajstić information content (AvgIpc) is 2.20. The minimum Gasteiger partial charge on any atom is -0.508 e. The molecule has 3 nitrogen and oxygen atoms in total. The second-order valence-corrected chi connectivity index (χ2v) is 3.20. The summed E-state index contributed by atoms with van der Waals surface area (Å²) in [7, 11) is 0. The molecule has 0 heterocycles. The molecule has 0 aliphatic rings. The van der Waals surface area contributed by atoms with Crippen molar-refractivity contribution in [3.8, 4) is 5.75 Å². The van der Waals surface area contributed by atoms with Crippen molar-refractivity contribution in [2.45, 2.75) is 6.92 Å². The van der Waals surface area contributed by atoms with Crippen LogP contribution < -0.4 is 0 Å². The summed E-state index contributed by atoms with van der Waals surface area (Å²) in [6, 6.07) is 4.50. The molecule has 1 aromatic rings. The zero-order chi connectivity index (χ0) is 11.3. The average molecular weight is 227 g/mol. The van der Waals surface area contributed by atoms with Gasteiger partial charge in [0, 0.05) is 11.1 Å². The number of phenols is 1. The second kappa shape index (κ2) is 5.41. The maximum absolute atomic E-state index is 11.0. The lowest BCUT2D eigenvalue weighted by Gasteiger charge is -1.99. The number of carbonyl (C=O) groups is 1. The summed E-state index contributed by atoms with van der Waals surface area (Å²) in [5.41, 5.74) is 0.574. The number of halogens is 1. The molecule has 0 aliphatic carbocycles. The highest BCUT2D eigenvalue weighted by Gasteiger charge is 1.99. The smallest absolute Gasteiger partial charge is 0.330 e. The first-order valence-electron chi connectivity index (χ1n) is 4.47. The van der Waals surface area contributed by atoms with Gasteiger partial charge in [0.2, 0.25) is 0 Å². The van der Waals surface area contributed by atoms with Gasteiger partial charge in [-0.1, -0.05) is 11.6 Å². The van der Waals surface area contributed by atoms with E-state index in [1.54, 1.807) is 13.0 Å². The highest BCUT2D eigenvalue weighted by atomic mass is 35.5. The van der Waals surface area contributed by atoms with Crippen LogP contribution in [0, 0.1) is 0 Å². The first-order chi connectivity index (χ1) is 7.13. The zero-order valence-corrected chi connectivity index (χ0v) is 8.99. The molecule has 0 aromatic heterocycles. The molecule has 0 atom stereocenters. The number of hydrogen-bond acceptors (Lipinski definition) is 3. The lowest BCUT2D eigenvalue weighted by molar-refractivity contribution is -0.137. The van der Waals surface area contributed by atoms with E-state index in [2.05, 4.69) is 0 Å². The van der Waals surface area contributed by atoms with Crippen LogP contribution in [0.1, 0.15) is 12.5 Å². The van der Waals surface area contributed by atoms with Crippen molar-refractivity contribution in [2.24, 2.45) is 0 Å². The van der Waals surface area contributed by atoms with Crippen molar-refractivity contribution in [3.05, 3.63) is 34.9 Å². The van der Waals surface area contributed by atoms with Gasteiger partial charge < -0.3 is 9.84 Å². The Labute approximate surface area is 92.9 Å². The van der Waals surface area contributed by atoms with Crippen LogP contribution in [0.3, 0.4) is 0 Å². The van der Waals surface area contributed by atoms with Gasteiger partial charge in [-0.3, -0.25) is 0 Å². The Bertz CT molecular complexity index is 385. The zero-order valence-electron chi connectivity index (χ0n) is 8.24. The van der Waals surface area contributed by atoms with Crippen molar-refractivity contribution < 1.29 is 14.6 Å². The van der Waals surface area contributed by atoms with Crippen LogP contribution in [0.4, 0.5) is 0 Å². The van der Waals surface area contributed by atoms with Crippen LogP contribution in [-0.2, 0) is 9.53 Å². The topological polar surface area (TPSA) is 46.5 Å². The van der Waals surface area contributed by atoms with Crippen LogP contribution in [0.15, 0.2) is 24.3 Å². The summed E-state index contributed by atoms with van der Waals surface area (Å²) in [5, 5.41) is 9.66. The van der Waals surface area contributed by atoms with E-state index in [0.29, 0.717) is 17.2 Å². The lowest BCUT2D eigenvalue weighted by atomic mass is 10.2. The lowest BCUT2D eigenvalue weighted by Crippen LogP contribution is -1.98. The molecule has 1 rings (SSSR count). The molecule has 15 heavy (non-hydrogen) atoms. The molecular formula is C11H11ClO3. The van der Waals surface area contributed by atoms with Gasteiger partial charge in [0.05, 0.1) is 6.61 Å². The van der Waals surface area contributed by atoms with Gasteiger partial charge in [-0.25, -0.2) is 4.79 Å². The predicted molar refractivity (Wildman–Crippen MR) is 58.8 cm³/mol. The molecule has 0 spiro atoms. The number of carbonyl (C=O) groups excluding carboxylic acids is 1. The van der Waals surface area contributed by atoms with Gasteiger partial charge >= 0.3 is 5.97 Å². The number of phenolic OH excluding ortho intramolecular Hbond substituents is 1. The molecular weight excluding hydrogens is 216 g/mol. The van der Waals surface area contributed by atoms with Crippen molar-refractivity contribution in [3.63, 3.8) is 0 Å². The van der Waals surface area contributed by atoms with Crippen LogP contribution in [0.2, 0.25) is 5.02 Å². The first kappa shape index (κ1) is 11.6. The highest BCUT2D eigenvalue weighted by molar-refractivity contribution is 6.32. The maximum atomic E-state index is 11.0. The largest absolute Gasteiger partial charge is 0.508 e. The molecule has 0 saturated heterocycles. The van der Waals surface area contributed by atoms with Gasteiger partial charge in [-0.2, -0.15) is 0 Å². The molecule has 0 unspecified atom stereocenters. The number of hydrogen-bond donors (Lipinski definition) is 1. The van der Waals surface area contributed by atoms with Crippen LogP contribution >= 0.6 is 11.6 Å². The molecule has 0 amide bonds. The SMILES string of the molecule is CCOC(=O)C=Cc1cc(O)ccc1Cl. The summed E-state index contributed by atoms with van der Waals surface area (Å²) in [6.45, 7) is 2.06. The monoisotopic (exact) mass is 226 g/mol. The number of aromatic hydroxyl groups is 1. The summed E-state index contributed by atoms with van der Waals surface area (Å²) < 4.78 is 4.70. The van der Waals surface area contributed by atoms with Gasteiger partial charge in [-0.05, 0) is 36.8 Å². The minimum atomic E-state index is -0.433. The van der Waals surface area contributed by atoms with Gasteiger partial charge in [0.15, 0.2) is 0 Å². The first-order valence-corrected chi connectivity index (χ1v) is 4.84. The molecule has 0 fully saturated rings. The summed E-state index contributed by atoms with van der Waals surface area (Å²) in [4.78, 5) is 11.0. The summed E-state index contributed by atoms with van der Waals surface area (Å²) in [5.74, 6) is -0.334. The third kappa shape index (κ3) is 3.64. The minimum absolute atomic E-state index is 0.0999. The fourth-order valence-electron chi connectivity index (χ4n) is 1.01. The number of esters is 1. The maximum Gasteiger partial charge on any atom is 0.330 e. The Morgan fingerprint density at radius 3 is 3.00 bits per heavy atom. The molecule has 0 bridgehead atoms. The Balaban J connectivity index is 2.79. The van der Waals surface area contributed by atoms with Crippen molar-refractivity contribution in [1.82, 2.24) is 0 Å². The van der Waals surface area contributed by atoms with Crippen LogP contribution in [0.25, 0.3) is 6.08 Å². The Hall–Kier alpha value is -1.48. The number of rotatable bonds is 3. The standard InChI is InChI=1S/C11H11ClO3/c1-2-15-11(14)6-3-8-7-9(13)4-5-10(8)12/h3-7,13H,2H2,1H3. The number of ether oxygens (including phenoxy) is 1. The van der Waals surface area contributed by atoms with Gasteiger partial charge in [-0.15, -0.1) is 0 Å². The molecule has 4 heteroatoms. The van der Waals surface area contributed by atoms with E-state index in [1.807, 2.05) is 0 Å². The molecule has 80 valence electrons. The molecule has 1 N–H and O–H groups in total. The Morgan fingerprint density at radius 2 is 2.33 bits per heavy atom. The van der Waals surface area contributed by atoms with E-state index >= 15 is 0 Å². The molecule has 1 aromatic carbocycles. The van der Waals surface area contributed by atoms with Crippen molar-refractivity contribution in [1.29, 1.82) is 0 Å². The number of benzene rings is 1. The Kier molecular flexibility index (Phi) is 4.18. The molecule has 0 aliphatic heterocycles.